The molecule has 0 radical (unpaired) electrons. The number of phenolic OH excluding ortho intramolecular Hbond substituents is 1. The van der Waals surface area contributed by atoms with E-state index in [-0.39, 0.29) is 42.7 Å². The van der Waals surface area contributed by atoms with Gasteiger partial charge in [0.05, 0.1) is 42.5 Å². The molecule has 2 N–H and O–H groups in total. The summed E-state index contributed by atoms with van der Waals surface area (Å²) in [7, 11) is 1.42. The van der Waals surface area contributed by atoms with Crippen molar-refractivity contribution >= 4 is 68.2 Å². The van der Waals surface area contributed by atoms with Gasteiger partial charge < -0.3 is 9.84 Å². The van der Waals surface area contributed by atoms with Crippen molar-refractivity contribution in [3.05, 3.63) is 121 Å². The third kappa shape index (κ3) is 5.13. The number of rotatable bonds is 7. The van der Waals surface area contributed by atoms with E-state index in [2.05, 4.69) is 21.4 Å². The molecule has 8 rings (SSSR count). The molecular weight excluding hydrogens is 761 g/mol. The summed E-state index contributed by atoms with van der Waals surface area (Å²) in [6, 6.07) is 19.0. The predicted molar refractivity (Wildman–Crippen MR) is 191 cm³/mol. The van der Waals surface area contributed by atoms with Crippen molar-refractivity contribution in [2.24, 2.45) is 23.7 Å². The summed E-state index contributed by atoms with van der Waals surface area (Å²) in [6.07, 6.45) is 2.24. The highest BCUT2D eigenvalue weighted by molar-refractivity contribution is 9.10. The maximum Gasteiger partial charge on any atom is 0.260 e. The quantitative estimate of drug-likeness (QED) is 0.150. The Kier molecular flexibility index (Phi) is 8.31. The van der Waals surface area contributed by atoms with Crippen molar-refractivity contribution in [1.29, 1.82) is 0 Å². The van der Waals surface area contributed by atoms with Crippen molar-refractivity contribution in [2.45, 2.75) is 30.7 Å². The standard InChI is InChI=1S/C38H30BrClFN3O6S/c1-50-30-16-20(39)15-28(33(30)45)32-25-12-13-26-31(36(48)43(34(26)46)18-24-3-2-14-51-24)27(25)17-29-35(47)44(42-23-10-8-22(41)9-11-23)37(49)38(29,32)19-4-6-21(40)7-5-19/h2-12,14-16,26-27,29,31-32,42,45H,13,17-18H2,1H3/t26-,27+,29-,31-,32+,38+/m0/s1. The number of fused-ring (bicyclic) bond motifs is 4. The molecule has 3 fully saturated rings. The number of likely N-dealkylation sites (tertiary alicyclic amines) is 1. The fourth-order valence-corrected chi connectivity index (χ4v) is 10.0. The van der Waals surface area contributed by atoms with Crippen LogP contribution in [0, 0.1) is 29.5 Å². The maximum atomic E-state index is 15.3. The van der Waals surface area contributed by atoms with Crippen LogP contribution in [0.1, 0.15) is 34.8 Å². The van der Waals surface area contributed by atoms with Crippen molar-refractivity contribution in [3.63, 3.8) is 0 Å². The topological polar surface area (TPSA) is 116 Å². The third-order valence-electron chi connectivity index (χ3n) is 10.8. The van der Waals surface area contributed by atoms with Crippen molar-refractivity contribution in [1.82, 2.24) is 9.91 Å². The summed E-state index contributed by atoms with van der Waals surface area (Å²) in [5, 5.41) is 15.1. The molecule has 2 saturated heterocycles. The fourth-order valence-electron chi connectivity index (χ4n) is 8.75. The minimum Gasteiger partial charge on any atom is -0.504 e. The van der Waals surface area contributed by atoms with Gasteiger partial charge >= 0.3 is 0 Å². The first kappa shape index (κ1) is 33.6. The van der Waals surface area contributed by atoms with Crippen LogP contribution < -0.4 is 10.2 Å². The van der Waals surface area contributed by atoms with Gasteiger partial charge in [0, 0.05) is 25.9 Å². The molecule has 3 aromatic carbocycles. The fraction of sp³-hybridized carbons (Fsp3) is 0.263. The van der Waals surface area contributed by atoms with Gasteiger partial charge in [-0.25, -0.2) is 4.39 Å². The smallest absolute Gasteiger partial charge is 0.260 e. The van der Waals surface area contributed by atoms with Crippen LogP contribution in [0.4, 0.5) is 10.1 Å². The van der Waals surface area contributed by atoms with Gasteiger partial charge in [0.25, 0.3) is 11.8 Å². The zero-order valence-corrected chi connectivity index (χ0v) is 30.2. The largest absolute Gasteiger partial charge is 0.504 e. The van der Waals surface area contributed by atoms with Crippen LogP contribution in [0.5, 0.6) is 11.5 Å². The number of phenols is 1. The average Bonchev–Trinajstić information content (AvgIpc) is 3.78. The van der Waals surface area contributed by atoms with Crippen molar-refractivity contribution < 1.29 is 33.4 Å². The van der Waals surface area contributed by atoms with Crippen LogP contribution in [0.2, 0.25) is 5.02 Å². The summed E-state index contributed by atoms with van der Waals surface area (Å²) in [5.74, 6) is -6.37. The summed E-state index contributed by atoms with van der Waals surface area (Å²) in [4.78, 5) is 60.4. The molecule has 13 heteroatoms. The van der Waals surface area contributed by atoms with Gasteiger partial charge in [0.1, 0.15) is 5.82 Å². The molecular formula is C38H30BrClFN3O6S. The molecule has 260 valence electrons. The number of methoxy groups -OCH3 is 1. The predicted octanol–water partition coefficient (Wildman–Crippen LogP) is 7.20. The number of benzene rings is 3. The number of carbonyl (C=O) groups excluding carboxylic acids is 4. The number of nitrogens with one attached hydrogen (secondary N) is 1. The number of hydrazine groups is 1. The van der Waals surface area contributed by atoms with Crippen LogP contribution in [0.25, 0.3) is 0 Å². The molecule has 0 unspecified atom stereocenters. The Morgan fingerprint density at radius 3 is 2.45 bits per heavy atom. The Morgan fingerprint density at radius 1 is 1.02 bits per heavy atom. The molecule has 4 aromatic rings. The summed E-state index contributed by atoms with van der Waals surface area (Å²) in [6.45, 7) is 0.155. The number of carbonyl (C=O) groups is 4. The summed E-state index contributed by atoms with van der Waals surface area (Å²) in [5.41, 5.74) is 3.07. The first-order valence-corrected chi connectivity index (χ1v) is 18.4. The number of nitrogens with zero attached hydrogens (tertiary/aromatic N) is 2. The Bertz CT molecular complexity index is 2130. The number of amides is 4. The van der Waals surface area contributed by atoms with Gasteiger partial charge in [-0.15, -0.1) is 11.3 Å². The number of aromatic hydroxyl groups is 1. The Morgan fingerprint density at radius 2 is 1.76 bits per heavy atom. The van der Waals surface area contributed by atoms with Crippen LogP contribution in [0.3, 0.4) is 0 Å². The zero-order chi connectivity index (χ0) is 35.8. The van der Waals surface area contributed by atoms with E-state index in [1.807, 2.05) is 23.6 Å². The Labute approximate surface area is 309 Å². The molecule has 1 saturated carbocycles. The molecule has 4 aliphatic rings. The lowest BCUT2D eigenvalue weighted by molar-refractivity contribution is -0.141. The van der Waals surface area contributed by atoms with E-state index in [4.69, 9.17) is 16.3 Å². The first-order chi connectivity index (χ1) is 24.5. The van der Waals surface area contributed by atoms with Gasteiger partial charge in [-0.1, -0.05) is 57.4 Å². The summed E-state index contributed by atoms with van der Waals surface area (Å²) >= 11 is 11.4. The highest BCUT2D eigenvalue weighted by Crippen LogP contribution is 2.65. The molecule has 9 nitrogen and oxygen atoms in total. The van der Waals surface area contributed by atoms with Crippen LogP contribution in [0.15, 0.2) is 94.3 Å². The Hall–Kier alpha value is -4.52. The van der Waals surface area contributed by atoms with Gasteiger partial charge in [0.15, 0.2) is 11.5 Å². The van der Waals surface area contributed by atoms with E-state index in [0.29, 0.717) is 31.9 Å². The van der Waals surface area contributed by atoms with Gasteiger partial charge in [-0.2, -0.15) is 5.01 Å². The van der Waals surface area contributed by atoms with E-state index in [9.17, 15) is 23.9 Å². The number of imide groups is 2. The van der Waals surface area contributed by atoms with E-state index in [0.717, 1.165) is 9.89 Å². The number of ether oxygens (including phenoxy) is 1. The molecule has 2 aliphatic carbocycles. The summed E-state index contributed by atoms with van der Waals surface area (Å²) < 4.78 is 20.0. The van der Waals surface area contributed by atoms with E-state index < -0.39 is 52.6 Å². The van der Waals surface area contributed by atoms with E-state index in [1.54, 1.807) is 36.4 Å². The Balaban J connectivity index is 1.34. The molecule has 0 bridgehead atoms. The van der Waals surface area contributed by atoms with Crippen LogP contribution in [-0.2, 0) is 31.1 Å². The van der Waals surface area contributed by atoms with Crippen molar-refractivity contribution in [3.8, 4) is 11.5 Å². The monoisotopic (exact) mass is 789 g/mol. The number of anilines is 1. The van der Waals surface area contributed by atoms with Gasteiger partial charge in [0.2, 0.25) is 11.8 Å². The highest BCUT2D eigenvalue weighted by atomic mass is 79.9. The third-order valence-corrected chi connectivity index (χ3v) is 12.4. The maximum absolute atomic E-state index is 15.3. The molecule has 1 aromatic heterocycles. The lowest BCUT2D eigenvalue weighted by Gasteiger charge is -2.50. The average molecular weight is 791 g/mol. The molecule has 3 heterocycles. The first-order valence-electron chi connectivity index (χ1n) is 16.3. The minimum absolute atomic E-state index is 0.0794. The number of hydrogen-bond acceptors (Lipinski definition) is 8. The number of halogens is 3. The highest BCUT2D eigenvalue weighted by Gasteiger charge is 2.70. The second kappa shape index (κ2) is 12.6. The SMILES string of the molecule is COc1cc(Br)cc([C@H]2C3=CC[C@@H]4C(=O)N(Cc5cccs5)C(=O)[C@@H]4[C@@H]3C[C@H]3C(=O)N(Nc4ccc(F)cc4)C(=O)[C@@]23c2ccc(Cl)cc2)c1O. The van der Waals surface area contributed by atoms with Crippen molar-refractivity contribution in [2.75, 3.05) is 12.5 Å². The van der Waals surface area contributed by atoms with E-state index >= 15 is 4.79 Å². The van der Waals surface area contributed by atoms with E-state index in [1.165, 1.54) is 47.6 Å². The number of thiophene rings is 1. The number of allylic oxidation sites excluding steroid dienone is 2. The zero-order valence-electron chi connectivity index (χ0n) is 27.0. The van der Waals surface area contributed by atoms with Gasteiger partial charge in [-0.05, 0) is 84.3 Å². The van der Waals surface area contributed by atoms with Crippen LogP contribution >= 0.6 is 38.9 Å². The normalized spacial score (nSPS) is 26.9. The number of hydrogen-bond donors (Lipinski definition) is 2. The second-order valence-electron chi connectivity index (χ2n) is 13.3. The molecule has 0 spiro atoms. The molecule has 4 amide bonds. The minimum atomic E-state index is -1.64. The lowest BCUT2D eigenvalue weighted by Crippen LogP contribution is -2.53. The molecule has 2 aliphatic heterocycles. The van der Waals surface area contributed by atoms with Crippen LogP contribution in [-0.4, -0.2) is 45.8 Å². The molecule has 51 heavy (non-hydrogen) atoms. The lowest BCUT2D eigenvalue weighted by atomic mass is 9.49. The van der Waals surface area contributed by atoms with Gasteiger partial charge in [-0.3, -0.25) is 29.5 Å². The second-order valence-corrected chi connectivity index (χ2v) is 15.6. The molecule has 6 atom stereocenters.